The second-order valence-electron chi connectivity index (χ2n) is 4.81. The van der Waals surface area contributed by atoms with E-state index in [4.69, 9.17) is 0 Å². The molecule has 5 heteroatoms. The van der Waals surface area contributed by atoms with Crippen LogP contribution in [0.3, 0.4) is 0 Å². The Balaban J connectivity index is 2.22. The lowest BCUT2D eigenvalue weighted by atomic mass is 9.92. The zero-order valence-electron chi connectivity index (χ0n) is 9.90. The molecule has 1 fully saturated rings. The van der Waals surface area contributed by atoms with Crippen LogP contribution in [0.5, 0.6) is 0 Å². The minimum Gasteiger partial charge on any atom is -0.312 e. The highest BCUT2D eigenvalue weighted by molar-refractivity contribution is 4.81. The van der Waals surface area contributed by atoms with Gasteiger partial charge < -0.3 is 10.6 Å². The van der Waals surface area contributed by atoms with E-state index in [1.165, 1.54) is 0 Å². The van der Waals surface area contributed by atoms with Gasteiger partial charge in [-0.2, -0.15) is 13.2 Å². The molecule has 1 aliphatic rings. The number of nitrogens with one attached hydrogen (secondary N) is 2. The minimum absolute atomic E-state index is 0.310. The van der Waals surface area contributed by atoms with Gasteiger partial charge in [0.1, 0.15) is 0 Å². The molecule has 1 aliphatic heterocycles. The molecule has 0 aromatic rings. The second kappa shape index (κ2) is 5.87. The number of hydrogen-bond donors (Lipinski definition) is 2. The van der Waals surface area contributed by atoms with Crippen LogP contribution in [0, 0.1) is 5.92 Å². The summed E-state index contributed by atoms with van der Waals surface area (Å²) in [5, 5.41) is 6.30. The lowest BCUT2D eigenvalue weighted by molar-refractivity contribution is -0.139. The summed E-state index contributed by atoms with van der Waals surface area (Å²) in [6.45, 7) is 5.33. The number of hydrogen-bond acceptors (Lipinski definition) is 2. The Morgan fingerprint density at radius 1 is 1.44 bits per heavy atom. The molecule has 1 rings (SSSR count). The van der Waals surface area contributed by atoms with E-state index >= 15 is 0 Å². The Kier molecular flexibility index (Phi) is 5.05. The Morgan fingerprint density at radius 3 is 2.69 bits per heavy atom. The van der Waals surface area contributed by atoms with Crippen molar-refractivity contribution in [2.75, 3.05) is 13.1 Å². The van der Waals surface area contributed by atoms with Crippen LogP contribution in [0.4, 0.5) is 13.2 Å². The van der Waals surface area contributed by atoms with Crippen LogP contribution in [-0.2, 0) is 0 Å². The van der Waals surface area contributed by atoms with Crippen molar-refractivity contribution < 1.29 is 13.2 Å². The normalized spacial score (nSPS) is 29.1. The van der Waals surface area contributed by atoms with E-state index in [-0.39, 0.29) is 0 Å². The predicted molar refractivity (Wildman–Crippen MR) is 58.3 cm³/mol. The van der Waals surface area contributed by atoms with E-state index in [0.717, 1.165) is 19.4 Å². The Labute approximate surface area is 95.0 Å². The van der Waals surface area contributed by atoms with Gasteiger partial charge in [0.05, 0.1) is 6.42 Å². The lowest BCUT2D eigenvalue weighted by Crippen LogP contribution is -2.48. The van der Waals surface area contributed by atoms with Crippen molar-refractivity contribution in [3.8, 4) is 0 Å². The highest BCUT2D eigenvalue weighted by Crippen LogP contribution is 2.21. The fraction of sp³-hybridized carbons (Fsp3) is 1.00. The number of halogens is 3. The van der Waals surface area contributed by atoms with E-state index in [2.05, 4.69) is 17.6 Å². The summed E-state index contributed by atoms with van der Waals surface area (Å²) in [7, 11) is 0. The van der Waals surface area contributed by atoms with Crippen LogP contribution in [0.2, 0.25) is 0 Å². The molecule has 2 nitrogen and oxygen atoms in total. The smallest absolute Gasteiger partial charge is 0.312 e. The summed E-state index contributed by atoms with van der Waals surface area (Å²) in [6, 6.07) is -0.194. The molecule has 0 radical (unpaired) electrons. The largest absolute Gasteiger partial charge is 0.390 e. The quantitative estimate of drug-likeness (QED) is 0.785. The Morgan fingerprint density at radius 2 is 2.12 bits per heavy atom. The Hall–Kier alpha value is -0.290. The molecular formula is C11H21F3N2. The standard InChI is InChI=1S/C11H21F3N2/c1-8-4-3-5-15-10(8)7-16-9(2)6-11(12,13)14/h8-10,15-16H,3-7H2,1-2H3. The molecule has 0 aromatic heterocycles. The Bertz CT molecular complexity index is 206. The van der Waals surface area contributed by atoms with E-state index in [9.17, 15) is 13.2 Å². The highest BCUT2D eigenvalue weighted by atomic mass is 19.4. The second-order valence-corrected chi connectivity index (χ2v) is 4.81. The van der Waals surface area contributed by atoms with Gasteiger partial charge in [-0.15, -0.1) is 0 Å². The SMILES string of the molecule is CC(CC(F)(F)F)NCC1NCCCC1C. The monoisotopic (exact) mass is 238 g/mol. The molecule has 0 aliphatic carbocycles. The van der Waals surface area contributed by atoms with Crippen LogP contribution in [0.15, 0.2) is 0 Å². The third-order valence-electron chi connectivity index (χ3n) is 3.15. The topological polar surface area (TPSA) is 24.1 Å². The van der Waals surface area contributed by atoms with E-state index in [1.807, 2.05) is 0 Å². The van der Waals surface area contributed by atoms with E-state index in [1.54, 1.807) is 6.92 Å². The maximum atomic E-state index is 12.1. The van der Waals surface area contributed by atoms with E-state index < -0.39 is 18.6 Å². The van der Waals surface area contributed by atoms with Gasteiger partial charge in [-0.05, 0) is 32.2 Å². The van der Waals surface area contributed by atoms with Gasteiger partial charge >= 0.3 is 6.18 Å². The molecular weight excluding hydrogens is 217 g/mol. The van der Waals surface area contributed by atoms with Gasteiger partial charge in [0.15, 0.2) is 0 Å². The van der Waals surface area contributed by atoms with Crippen LogP contribution in [0.1, 0.15) is 33.1 Å². The van der Waals surface area contributed by atoms with Crippen molar-refractivity contribution >= 4 is 0 Å². The molecule has 0 aromatic carbocycles. The first-order valence-electron chi connectivity index (χ1n) is 5.92. The van der Waals surface area contributed by atoms with Crippen molar-refractivity contribution in [3.05, 3.63) is 0 Å². The van der Waals surface area contributed by atoms with Crippen molar-refractivity contribution in [3.63, 3.8) is 0 Å². The molecule has 3 unspecified atom stereocenters. The first-order chi connectivity index (χ1) is 7.38. The fourth-order valence-corrected chi connectivity index (χ4v) is 2.13. The van der Waals surface area contributed by atoms with Gasteiger partial charge in [0.2, 0.25) is 0 Å². The predicted octanol–water partition coefficient (Wildman–Crippen LogP) is 2.31. The average molecular weight is 238 g/mol. The molecule has 2 N–H and O–H groups in total. The van der Waals surface area contributed by atoms with Gasteiger partial charge in [-0.3, -0.25) is 0 Å². The third-order valence-corrected chi connectivity index (χ3v) is 3.15. The van der Waals surface area contributed by atoms with Gasteiger partial charge in [-0.1, -0.05) is 6.92 Å². The number of rotatable bonds is 4. The summed E-state index contributed by atoms with van der Waals surface area (Å²) in [5.74, 6) is 0.541. The number of alkyl halides is 3. The van der Waals surface area contributed by atoms with Crippen molar-refractivity contribution in [2.24, 2.45) is 5.92 Å². The molecule has 96 valence electrons. The molecule has 3 atom stereocenters. The maximum absolute atomic E-state index is 12.1. The summed E-state index contributed by atoms with van der Waals surface area (Å²) in [6.07, 6.45) is -2.51. The molecule has 0 bridgehead atoms. The van der Waals surface area contributed by atoms with Gasteiger partial charge in [0.25, 0.3) is 0 Å². The zero-order chi connectivity index (χ0) is 12.2. The molecule has 0 amide bonds. The minimum atomic E-state index is -4.07. The zero-order valence-corrected chi connectivity index (χ0v) is 9.90. The van der Waals surface area contributed by atoms with Crippen LogP contribution < -0.4 is 10.6 Å². The fourth-order valence-electron chi connectivity index (χ4n) is 2.13. The van der Waals surface area contributed by atoms with Crippen molar-refractivity contribution in [1.29, 1.82) is 0 Å². The molecule has 16 heavy (non-hydrogen) atoms. The van der Waals surface area contributed by atoms with Crippen molar-refractivity contribution in [2.45, 2.75) is 51.4 Å². The highest BCUT2D eigenvalue weighted by Gasteiger charge is 2.30. The van der Waals surface area contributed by atoms with Crippen molar-refractivity contribution in [1.82, 2.24) is 10.6 Å². The molecule has 1 heterocycles. The summed E-state index contributed by atoms with van der Waals surface area (Å²) < 4.78 is 36.3. The van der Waals surface area contributed by atoms with E-state index in [0.29, 0.717) is 18.5 Å². The maximum Gasteiger partial charge on any atom is 0.390 e. The van der Waals surface area contributed by atoms with Gasteiger partial charge in [0, 0.05) is 18.6 Å². The lowest BCUT2D eigenvalue weighted by Gasteiger charge is -2.31. The first kappa shape index (κ1) is 13.8. The molecule has 1 saturated heterocycles. The van der Waals surface area contributed by atoms with Gasteiger partial charge in [-0.25, -0.2) is 0 Å². The average Bonchev–Trinajstić information content (AvgIpc) is 2.14. The number of piperidine rings is 1. The third kappa shape index (κ3) is 5.16. The van der Waals surface area contributed by atoms with Crippen LogP contribution in [0.25, 0.3) is 0 Å². The molecule has 0 spiro atoms. The molecule has 0 saturated carbocycles. The van der Waals surface area contributed by atoms with Crippen LogP contribution >= 0.6 is 0 Å². The first-order valence-corrected chi connectivity index (χ1v) is 5.92. The van der Waals surface area contributed by atoms with Crippen LogP contribution in [-0.4, -0.2) is 31.3 Å². The summed E-state index contributed by atoms with van der Waals surface area (Å²) in [5.41, 5.74) is 0. The summed E-state index contributed by atoms with van der Waals surface area (Å²) >= 11 is 0. The summed E-state index contributed by atoms with van der Waals surface area (Å²) in [4.78, 5) is 0.